The summed E-state index contributed by atoms with van der Waals surface area (Å²) in [6, 6.07) is -0.654. The molecule has 0 rings (SSSR count). The number of alkyl halides is 1. The number of Topliss-reactive ketones (excluding diaryl/α,β-unsaturated/α-hetero) is 1. The Kier molecular flexibility index (Phi) is 53.7. The highest BCUT2D eigenvalue weighted by atomic mass is 35.5. The zero-order valence-corrected chi connectivity index (χ0v) is 47.3. The van der Waals surface area contributed by atoms with Crippen molar-refractivity contribution in [3.05, 3.63) is 0 Å². The molecule has 0 aromatic rings. The minimum Gasteiger partial charge on any atom is -0.377 e. The van der Waals surface area contributed by atoms with Crippen LogP contribution in [0.5, 0.6) is 0 Å². The molecule has 464 valence electrons. The highest BCUT2D eigenvalue weighted by Gasteiger charge is 2.17. The Balaban J connectivity index is 3.47. The summed E-state index contributed by atoms with van der Waals surface area (Å²) in [5.74, 6) is -1.67. The first-order chi connectivity index (χ1) is 38.8. The third-order valence-electron chi connectivity index (χ3n) is 9.85. The van der Waals surface area contributed by atoms with E-state index in [4.69, 9.17) is 79.9 Å². The molecule has 0 aliphatic rings. The van der Waals surface area contributed by atoms with Gasteiger partial charge in [0.15, 0.2) is 11.7 Å². The van der Waals surface area contributed by atoms with Gasteiger partial charge in [0.2, 0.25) is 41.4 Å². The van der Waals surface area contributed by atoms with E-state index >= 15 is 0 Å². The van der Waals surface area contributed by atoms with E-state index in [0.717, 1.165) is 19.3 Å². The van der Waals surface area contributed by atoms with Crippen molar-refractivity contribution in [1.82, 2.24) is 37.2 Å². The van der Waals surface area contributed by atoms with Gasteiger partial charge in [0.25, 0.3) is 0 Å². The molecular weight excluding hydrogens is 1080 g/mol. The van der Waals surface area contributed by atoms with Gasteiger partial charge in [0.1, 0.15) is 39.6 Å². The van der Waals surface area contributed by atoms with Crippen LogP contribution in [0.15, 0.2) is 4.99 Å². The first-order valence-corrected chi connectivity index (χ1v) is 27.3. The quantitative estimate of drug-likeness (QED) is 0.0121. The van der Waals surface area contributed by atoms with E-state index in [1.807, 2.05) is 0 Å². The van der Waals surface area contributed by atoms with Gasteiger partial charge in [-0.15, -0.1) is 11.6 Å². The van der Waals surface area contributed by atoms with Crippen molar-refractivity contribution in [3.8, 4) is 0 Å². The Morgan fingerprint density at radius 2 is 0.662 bits per heavy atom. The van der Waals surface area contributed by atoms with Crippen molar-refractivity contribution >= 4 is 64.7 Å². The third kappa shape index (κ3) is 56.3. The van der Waals surface area contributed by atoms with E-state index in [0.29, 0.717) is 51.4 Å². The monoisotopic (exact) mass is 1170 g/mol. The Morgan fingerprint density at radius 3 is 0.950 bits per heavy atom. The fourth-order valence-electron chi connectivity index (χ4n) is 5.90. The predicted molar refractivity (Wildman–Crippen MR) is 290 cm³/mol. The van der Waals surface area contributed by atoms with Gasteiger partial charge in [-0.3, -0.25) is 43.3 Å². The first-order valence-electron chi connectivity index (χ1n) is 26.8. The lowest BCUT2D eigenvalue weighted by atomic mass is 10.1. The predicted octanol–water partition coefficient (Wildman–Crippen LogP) is -4.19. The van der Waals surface area contributed by atoms with Gasteiger partial charge in [-0.25, -0.2) is 0 Å². The zero-order chi connectivity index (χ0) is 58.8. The molecule has 31 heteroatoms. The number of nitrogens with one attached hydrogen (secondary N) is 7. The van der Waals surface area contributed by atoms with Crippen LogP contribution in [-0.2, 0) is 95.2 Å². The smallest absolute Gasteiger partial charge is 0.246 e. The summed E-state index contributed by atoms with van der Waals surface area (Å²) >= 11 is 5.62. The van der Waals surface area contributed by atoms with Crippen molar-refractivity contribution in [2.24, 2.45) is 16.5 Å². The van der Waals surface area contributed by atoms with Crippen LogP contribution in [0, 0.1) is 0 Å². The second-order valence-corrected chi connectivity index (χ2v) is 17.1. The average molecular weight is 1180 g/mol. The van der Waals surface area contributed by atoms with Crippen LogP contribution in [-0.4, -0.2) is 269 Å². The summed E-state index contributed by atoms with van der Waals surface area (Å²) in [6.07, 6.45) is 4.04. The largest absolute Gasteiger partial charge is 0.377 e. The number of guanidine groups is 1. The van der Waals surface area contributed by atoms with Gasteiger partial charge in [0, 0.05) is 58.1 Å². The maximum Gasteiger partial charge on any atom is 0.246 e. The number of aliphatic imine (C=N–C) groups is 1. The van der Waals surface area contributed by atoms with Crippen LogP contribution in [0.25, 0.3) is 0 Å². The molecule has 0 aromatic carbocycles. The third-order valence-corrected chi connectivity index (χ3v) is 10.1. The van der Waals surface area contributed by atoms with E-state index < -0.39 is 11.9 Å². The van der Waals surface area contributed by atoms with E-state index in [-0.39, 0.29) is 225 Å². The molecule has 80 heavy (non-hydrogen) atoms. The molecule has 11 N–H and O–H groups in total. The summed E-state index contributed by atoms with van der Waals surface area (Å²) in [6.45, 7) is 6.46. The number of carbonyl (C=O) groups excluding carboxylic acids is 8. The van der Waals surface area contributed by atoms with Gasteiger partial charge < -0.3 is 106 Å². The molecule has 0 radical (unpaired) electrons. The number of ether oxygens (including phenoxy) is 12. The molecule has 0 saturated heterocycles. The van der Waals surface area contributed by atoms with E-state index in [1.54, 1.807) is 0 Å². The Bertz CT molecular complexity index is 1660. The van der Waals surface area contributed by atoms with Crippen molar-refractivity contribution in [2.45, 2.75) is 51.5 Å². The number of hydrogen-bond acceptors (Lipinski definition) is 21. The standard InChI is InChI=1S/C49H91ClN10O20/c1-40(61)41(6-5-9-59-49(51)52)60-48(68)39-80-33-27-74-21-15-58-47(67)38-79-32-26-73-20-14-57-46(66)37-78-31-25-72-19-13-56-45(65)36-77-30-24-71-18-12-55-44(64)35-76-29-23-70-17-11-54-43(63)34-75-28-22-69-16-10-53-42(62)7-3-2-4-8-50/h41H,2-39H2,1H3,(H,53,62)(H,54,63)(H,55,64)(H,56,65)(H,57,66)(H,58,67)(H,60,68)(H4,51,52,59)/t41-/m0/s1. The zero-order valence-electron chi connectivity index (χ0n) is 46.6. The number of ketones is 1. The normalized spacial score (nSPS) is 11.3. The molecule has 0 aliphatic carbocycles. The van der Waals surface area contributed by atoms with Gasteiger partial charge in [0.05, 0.1) is 125 Å². The lowest BCUT2D eigenvalue weighted by Crippen LogP contribution is -2.41. The number of nitrogens with zero attached hydrogens (tertiary/aromatic N) is 1. The Hall–Kier alpha value is -4.96. The summed E-state index contributed by atoms with van der Waals surface area (Å²) in [5, 5.41) is 18.7. The second-order valence-electron chi connectivity index (χ2n) is 16.8. The molecule has 0 spiro atoms. The second kappa shape index (κ2) is 57.3. The average Bonchev–Trinajstić information content (AvgIpc) is 3.42. The number of amides is 7. The van der Waals surface area contributed by atoms with Gasteiger partial charge in [-0.2, -0.15) is 0 Å². The Labute approximate surface area is 474 Å². The van der Waals surface area contributed by atoms with Crippen LogP contribution >= 0.6 is 11.6 Å². The maximum absolute atomic E-state index is 12.1. The van der Waals surface area contributed by atoms with E-state index in [1.165, 1.54) is 6.92 Å². The van der Waals surface area contributed by atoms with Gasteiger partial charge in [-0.1, -0.05) is 6.42 Å². The molecule has 0 unspecified atom stereocenters. The fraction of sp³-hybridized carbons (Fsp3) is 0.816. The van der Waals surface area contributed by atoms with Gasteiger partial charge in [-0.05, 0) is 32.6 Å². The molecular formula is C49H91ClN10O20. The van der Waals surface area contributed by atoms with Crippen LogP contribution in [0.2, 0.25) is 0 Å². The fourth-order valence-corrected chi connectivity index (χ4v) is 6.09. The molecule has 0 fully saturated rings. The topological polar surface area (TPSA) is 396 Å². The minimum absolute atomic E-state index is 0.0130. The first kappa shape index (κ1) is 75.0. The lowest BCUT2D eigenvalue weighted by molar-refractivity contribution is -0.130. The summed E-state index contributed by atoms with van der Waals surface area (Å²) < 4.78 is 64.0. The highest BCUT2D eigenvalue weighted by molar-refractivity contribution is 6.17. The van der Waals surface area contributed by atoms with Crippen molar-refractivity contribution < 1.29 is 95.2 Å². The van der Waals surface area contributed by atoms with Crippen molar-refractivity contribution in [2.75, 3.05) is 210 Å². The molecule has 30 nitrogen and oxygen atoms in total. The maximum atomic E-state index is 12.1. The molecule has 0 saturated carbocycles. The summed E-state index contributed by atoms with van der Waals surface area (Å²) in [4.78, 5) is 99.0. The molecule has 7 amide bonds. The summed E-state index contributed by atoms with van der Waals surface area (Å²) in [7, 11) is 0. The molecule has 0 aromatic heterocycles. The van der Waals surface area contributed by atoms with E-state index in [2.05, 4.69) is 42.2 Å². The van der Waals surface area contributed by atoms with Crippen LogP contribution in [0.4, 0.5) is 0 Å². The number of unbranched alkanes of at least 4 members (excludes halogenated alkanes) is 2. The minimum atomic E-state index is -0.654. The number of halogens is 1. The molecule has 0 bridgehead atoms. The number of hydrogen-bond donors (Lipinski definition) is 9. The number of nitrogens with two attached hydrogens (primary N) is 2. The SMILES string of the molecule is CC(=O)[C@H](CCCN=C(N)N)NC(=O)COCCOCCNC(=O)COCCOCCNC(=O)COCCOCCNC(=O)COCCOCCNC(=O)COCCOCCNC(=O)COCCOCCNC(=O)CCCCCCl. The highest BCUT2D eigenvalue weighted by Crippen LogP contribution is 2.01. The van der Waals surface area contributed by atoms with Crippen LogP contribution in [0.1, 0.15) is 45.4 Å². The van der Waals surface area contributed by atoms with Crippen LogP contribution < -0.4 is 48.7 Å². The van der Waals surface area contributed by atoms with Gasteiger partial charge >= 0.3 is 0 Å². The number of rotatable bonds is 59. The van der Waals surface area contributed by atoms with Crippen molar-refractivity contribution in [3.63, 3.8) is 0 Å². The lowest BCUT2D eigenvalue weighted by Gasteiger charge is -2.15. The van der Waals surface area contributed by atoms with E-state index in [9.17, 15) is 38.4 Å². The Morgan fingerprint density at radius 1 is 0.375 bits per heavy atom. The van der Waals surface area contributed by atoms with Crippen molar-refractivity contribution in [1.29, 1.82) is 0 Å². The molecule has 1 atom stereocenters. The molecule has 0 aliphatic heterocycles. The summed E-state index contributed by atoms with van der Waals surface area (Å²) in [5.41, 5.74) is 10.6. The number of carbonyl (C=O) groups is 8. The molecule has 0 heterocycles. The van der Waals surface area contributed by atoms with Crippen LogP contribution in [0.3, 0.4) is 0 Å².